The summed E-state index contributed by atoms with van der Waals surface area (Å²) in [6, 6.07) is 1.07. The third-order valence-corrected chi connectivity index (χ3v) is 2.99. The van der Waals surface area contributed by atoms with E-state index in [4.69, 9.17) is 5.11 Å². The number of nitrogens with zero attached hydrogens (tertiary/aromatic N) is 3. The van der Waals surface area contributed by atoms with Gasteiger partial charge in [0.15, 0.2) is 0 Å². The number of rotatable bonds is 3. The third kappa shape index (κ3) is 1.99. The van der Waals surface area contributed by atoms with Crippen molar-refractivity contribution in [1.29, 1.82) is 0 Å². The normalized spacial score (nSPS) is 11.0. The average Bonchev–Trinajstić information content (AvgIpc) is 2.57. The zero-order valence-corrected chi connectivity index (χ0v) is 9.12. The highest BCUT2D eigenvalue weighted by Gasteiger charge is 2.07. The molecule has 5 nitrogen and oxygen atoms in total. The van der Waals surface area contributed by atoms with E-state index < -0.39 is 0 Å². The molecule has 2 aromatic rings. The molecule has 0 spiro atoms. The molecule has 0 saturated carbocycles. The van der Waals surface area contributed by atoms with Gasteiger partial charge in [-0.2, -0.15) is 14.6 Å². The van der Waals surface area contributed by atoms with Gasteiger partial charge < -0.3 is 5.11 Å². The van der Waals surface area contributed by atoms with Gasteiger partial charge in [-0.3, -0.25) is 4.79 Å². The number of fused-ring (bicyclic) bond motifs is 1. The highest BCUT2D eigenvalue weighted by atomic mass is 32.1. The van der Waals surface area contributed by atoms with Crippen LogP contribution in [0.1, 0.15) is 24.8 Å². The van der Waals surface area contributed by atoms with E-state index in [-0.39, 0.29) is 11.4 Å². The topological polar surface area (TPSA) is 67.5 Å². The predicted octanol–water partition coefficient (Wildman–Crippen LogP) is 1.20. The zero-order chi connectivity index (χ0) is 10.8. The monoisotopic (exact) mass is 225 g/mol. The van der Waals surface area contributed by atoms with Gasteiger partial charge in [-0.25, -0.2) is 0 Å². The lowest BCUT2D eigenvalue weighted by atomic mass is 10.3. The maximum atomic E-state index is 11.4. The van der Waals surface area contributed by atoms with Crippen molar-refractivity contribution in [3.63, 3.8) is 0 Å². The Morgan fingerprint density at radius 2 is 2.40 bits per heavy atom. The third-order valence-electron chi connectivity index (χ3n) is 2.02. The molecule has 0 radical (unpaired) electrons. The van der Waals surface area contributed by atoms with Crippen molar-refractivity contribution in [3.8, 4) is 5.88 Å². The van der Waals surface area contributed by atoms with Gasteiger partial charge in [0, 0.05) is 6.42 Å². The van der Waals surface area contributed by atoms with Gasteiger partial charge in [-0.15, -0.1) is 0 Å². The minimum atomic E-state index is -0.337. The van der Waals surface area contributed by atoms with Crippen LogP contribution in [-0.4, -0.2) is 19.7 Å². The van der Waals surface area contributed by atoms with Gasteiger partial charge in [0.2, 0.25) is 10.8 Å². The van der Waals surface area contributed by atoms with Gasteiger partial charge in [0.25, 0.3) is 5.56 Å². The second-order valence-electron chi connectivity index (χ2n) is 3.25. The molecule has 80 valence electrons. The molecule has 0 bridgehead atoms. The summed E-state index contributed by atoms with van der Waals surface area (Å²) in [6.07, 6.45) is 2.98. The first-order chi connectivity index (χ1) is 7.20. The highest BCUT2D eigenvalue weighted by molar-refractivity contribution is 7.16. The van der Waals surface area contributed by atoms with Gasteiger partial charge in [0.05, 0.1) is 6.07 Å². The van der Waals surface area contributed by atoms with Crippen LogP contribution in [-0.2, 0) is 6.42 Å². The van der Waals surface area contributed by atoms with Gasteiger partial charge in [-0.05, 0) is 6.42 Å². The second kappa shape index (κ2) is 3.98. The van der Waals surface area contributed by atoms with Gasteiger partial charge in [0.1, 0.15) is 5.01 Å². The molecule has 0 unspecified atom stereocenters. The molecule has 15 heavy (non-hydrogen) atoms. The van der Waals surface area contributed by atoms with Crippen molar-refractivity contribution >= 4 is 16.3 Å². The summed E-state index contributed by atoms with van der Waals surface area (Å²) in [5.41, 5.74) is -0.337. The molecule has 2 aromatic heterocycles. The molecule has 0 amide bonds. The SMILES string of the molecule is CCCCc1nn2c(=O)cc(O)nc2s1. The highest BCUT2D eigenvalue weighted by Crippen LogP contribution is 2.15. The Labute approximate surface area is 90.0 Å². The summed E-state index contributed by atoms with van der Waals surface area (Å²) < 4.78 is 1.23. The van der Waals surface area contributed by atoms with Gasteiger partial charge in [-0.1, -0.05) is 24.7 Å². The first-order valence-electron chi connectivity index (χ1n) is 4.79. The number of aryl methyl sites for hydroxylation is 1. The van der Waals surface area contributed by atoms with E-state index in [2.05, 4.69) is 17.0 Å². The van der Waals surface area contributed by atoms with E-state index in [1.54, 1.807) is 0 Å². The maximum absolute atomic E-state index is 11.4. The first kappa shape index (κ1) is 10.1. The summed E-state index contributed by atoms with van der Waals surface area (Å²) in [5, 5.41) is 14.2. The maximum Gasteiger partial charge on any atom is 0.278 e. The Hall–Kier alpha value is -1.43. The Morgan fingerprint density at radius 3 is 3.13 bits per heavy atom. The number of aromatic hydroxyl groups is 1. The summed E-state index contributed by atoms with van der Waals surface area (Å²) in [6.45, 7) is 2.10. The quantitative estimate of drug-likeness (QED) is 0.852. The summed E-state index contributed by atoms with van der Waals surface area (Å²) >= 11 is 1.35. The van der Waals surface area contributed by atoms with Crippen LogP contribution < -0.4 is 5.56 Å². The Kier molecular flexibility index (Phi) is 2.68. The molecule has 0 aliphatic carbocycles. The Bertz CT molecular complexity index is 532. The lowest BCUT2D eigenvalue weighted by Crippen LogP contribution is -2.13. The van der Waals surface area contributed by atoms with Gasteiger partial charge >= 0.3 is 0 Å². The van der Waals surface area contributed by atoms with E-state index in [1.807, 2.05) is 0 Å². The molecule has 2 heterocycles. The molecule has 0 aromatic carbocycles. The van der Waals surface area contributed by atoms with Crippen LogP contribution in [0.15, 0.2) is 10.9 Å². The molecule has 0 saturated heterocycles. The predicted molar refractivity (Wildman–Crippen MR) is 57.4 cm³/mol. The van der Waals surface area contributed by atoms with Crippen molar-refractivity contribution in [2.45, 2.75) is 26.2 Å². The number of hydrogen-bond donors (Lipinski definition) is 1. The number of aromatic nitrogens is 3. The lowest BCUT2D eigenvalue weighted by molar-refractivity contribution is 0.452. The molecule has 0 aliphatic heterocycles. The average molecular weight is 225 g/mol. The van der Waals surface area contributed by atoms with E-state index in [0.29, 0.717) is 4.96 Å². The van der Waals surface area contributed by atoms with E-state index >= 15 is 0 Å². The summed E-state index contributed by atoms with van der Waals surface area (Å²) in [4.78, 5) is 15.7. The van der Waals surface area contributed by atoms with Crippen LogP contribution >= 0.6 is 11.3 Å². The van der Waals surface area contributed by atoms with Crippen LogP contribution in [0, 0.1) is 0 Å². The van der Waals surface area contributed by atoms with E-state index in [0.717, 1.165) is 30.3 Å². The number of unbranched alkanes of at least 4 members (excludes halogenated alkanes) is 1. The molecular formula is C9H11N3O2S. The van der Waals surface area contributed by atoms with Crippen LogP contribution in [0.5, 0.6) is 5.88 Å². The fourth-order valence-corrected chi connectivity index (χ4v) is 2.20. The van der Waals surface area contributed by atoms with Crippen LogP contribution in [0.25, 0.3) is 4.96 Å². The molecule has 0 aliphatic rings. The zero-order valence-electron chi connectivity index (χ0n) is 8.30. The Morgan fingerprint density at radius 1 is 1.60 bits per heavy atom. The molecule has 2 rings (SSSR count). The molecule has 1 N–H and O–H groups in total. The van der Waals surface area contributed by atoms with Crippen molar-refractivity contribution in [2.75, 3.05) is 0 Å². The minimum Gasteiger partial charge on any atom is -0.493 e. The van der Waals surface area contributed by atoms with Crippen molar-refractivity contribution in [3.05, 3.63) is 21.4 Å². The second-order valence-corrected chi connectivity index (χ2v) is 4.29. The first-order valence-corrected chi connectivity index (χ1v) is 5.61. The largest absolute Gasteiger partial charge is 0.493 e. The minimum absolute atomic E-state index is 0.245. The number of hydrogen-bond acceptors (Lipinski definition) is 5. The Balaban J connectivity index is 2.46. The van der Waals surface area contributed by atoms with Crippen LogP contribution in [0.3, 0.4) is 0 Å². The standard InChI is InChI=1S/C9H11N3O2S/c1-2-3-4-7-11-12-8(14)5-6(13)10-9(12)15-7/h5,13H,2-4H2,1H3. The fourth-order valence-electron chi connectivity index (χ4n) is 1.27. The van der Waals surface area contributed by atoms with E-state index in [9.17, 15) is 4.79 Å². The fraction of sp³-hybridized carbons (Fsp3) is 0.444. The summed E-state index contributed by atoms with van der Waals surface area (Å²) in [7, 11) is 0. The molecular weight excluding hydrogens is 214 g/mol. The summed E-state index contributed by atoms with van der Waals surface area (Å²) in [5.74, 6) is -0.245. The van der Waals surface area contributed by atoms with Crippen molar-refractivity contribution in [1.82, 2.24) is 14.6 Å². The lowest BCUT2D eigenvalue weighted by Gasteiger charge is -1.89. The van der Waals surface area contributed by atoms with Crippen molar-refractivity contribution in [2.24, 2.45) is 0 Å². The molecule has 6 heteroatoms. The molecule has 0 fully saturated rings. The van der Waals surface area contributed by atoms with E-state index in [1.165, 1.54) is 15.9 Å². The van der Waals surface area contributed by atoms with Crippen molar-refractivity contribution < 1.29 is 5.11 Å². The smallest absolute Gasteiger partial charge is 0.278 e. The van der Waals surface area contributed by atoms with Crippen LogP contribution in [0.2, 0.25) is 0 Å². The van der Waals surface area contributed by atoms with Crippen LogP contribution in [0.4, 0.5) is 0 Å². The molecule has 0 atom stereocenters.